The number of carbonyl (C=O) groups is 1. The van der Waals surface area contributed by atoms with E-state index in [2.05, 4.69) is 22.2 Å². The number of carbonyl (C=O) groups excluding carboxylic acids is 1. The van der Waals surface area contributed by atoms with Crippen molar-refractivity contribution in [3.05, 3.63) is 46.6 Å². The van der Waals surface area contributed by atoms with Crippen molar-refractivity contribution >= 4 is 44.9 Å². The number of para-hydroxylation sites is 1. The zero-order chi connectivity index (χ0) is 19.0. The van der Waals surface area contributed by atoms with E-state index in [-0.39, 0.29) is 11.2 Å². The summed E-state index contributed by atoms with van der Waals surface area (Å²) in [5, 5.41) is 4.91. The molecule has 1 aliphatic rings. The highest BCUT2D eigenvalue weighted by atomic mass is 32.2. The van der Waals surface area contributed by atoms with Crippen LogP contribution in [0.25, 0.3) is 10.2 Å². The molecule has 4 nitrogen and oxygen atoms in total. The average Bonchev–Trinajstić information content (AvgIpc) is 3.01. The lowest BCUT2D eigenvalue weighted by Crippen LogP contribution is -2.23. The Hall–Kier alpha value is -1.92. The van der Waals surface area contributed by atoms with Gasteiger partial charge in [-0.25, -0.2) is 9.97 Å². The molecule has 1 amide bonds. The first-order valence-electron chi connectivity index (χ1n) is 9.31. The molecule has 0 radical (unpaired) electrons. The van der Waals surface area contributed by atoms with Crippen LogP contribution in [0.2, 0.25) is 0 Å². The van der Waals surface area contributed by atoms with Gasteiger partial charge in [-0.15, -0.1) is 11.3 Å². The molecule has 0 unspecified atom stereocenters. The summed E-state index contributed by atoms with van der Waals surface area (Å²) >= 11 is 3.32. The molecule has 2 aromatic heterocycles. The Balaban J connectivity index is 1.58. The number of rotatable bonds is 4. The Labute approximate surface area is 167 Å². The summed E-state index contributed by atoms with van der Waals surface area (Å²) in [6.07, 6.45) is 5.05. The highest BCUT2D eigenvalue weighted by Gasteiger charge is 2.25. The van der Waals surface area contributed by atoms with Crippen molar-refractivity contribution in [2.24, 2.45) is 5.92 Å². The van der Waals surface area contributed by atoms with Gasteiger partial charge >= 0.3 is 0 Å². The molecule has 0 saturated carbocycles. The second-order valence-corrected chi connectivity index (χ2v) is 9.69. The number of amides is 1. The predicted molar refractivity (Wildman–Crippen MR) is 114 cm³/mol. The van der Waals surface area contributed by atoms with Gasteiger partial charge in [0.2, 0.25) is 5.91 Å². The highest BCUT2D eigenvalue weighted by molar-refractivity contribution is 8.00. The second-order valence-electron chi connectivity index (χ2n) is 7.27. The van der Waals surface area contributed by atoms with Crippen LogP contribution in [0.4, 0.5) is 5.69 Å². The molecule has 1 aromatic carbocycles. The van der Waals surface area contributed by atoms with Gasteiger partial charge in [0, 0.05) is 16.0 Å². The molecule has 0 spiro atoms. The van der Waals surface area contributed by atoms with Crippen molar-refractivity contribution in [1.29, 1.82) is 0 Å². The fourth-order valence-electron chi connectivity index (χ4n) is 3.50. The minimum atomic E-state index is -0.235. The number of aryl methyl sites for hydroxylation is 2. The molecule has 0 fully saturated rings. The first-order valence-corrected chi connectivity index (χ1v) is 11.0. The molecule has 4 rings (SSSR count). The molecular weight excluding hydrogens is 374 g/mol. The van der Waals surface area contributed by atoms with Gasteiger partial charge in [0.25, 0.3) is 0 Å². The van der Waals surface area contributed by atoms with E-state index in [4.69, 9.17) is 0 Å². The van der Waals surface area contributed by atoms with Crippen LogP contribution in [-0.4, -0.2) is 21.1 Å². The largest absolute Gasteiger partial charge is 0.325 e. The van der Waals surface area contributed by atoms with Gasteiger partial charge in [0.1, 0.15) is 16.2 Å². The number of benzene rings is 1. The van der Waals surface area contributed by atoms with Crippen molar-refractivity contribution in [1.82, 2.24) is 9.97 Å². The number of thioether (sulfide) groups is 1. The summed E-state index contributed by atoms with van der Waals surface area (Å²) in [6.45, 7) is 6.25. The minimum Gasteiger partial charge on any atom is -0.325 e. The summed E-state index contributed by atoms with van der Waals surface area (Å²) in [5.41, 5.74) is 3.33. The van der Waals surface area contributed by atoms with Crippen LogP contribution in [0.1, 0.15) is 36.3 Å². The molecule has 0 saturated heterocycles. The van der Waals surface area contributed by atoms with Crippen molar-refractivity contribution in [2.75, 3.05) is 5.32 Å². The maximum Gasteiger partial charge on any atom is 0.237 e. The van der Waals surface area contributed by atoms with Crippen LogP contribution in [-0.2, 0) is 17.6 Å². The summed E-state index contributed by atoms with van der Waals surface area (Å²) in [6, 6.07) is 7.85. The van der Waals surface area contributed by atoms with Gasteiger partial charge in [-0.05, 0) is 56.2 Å². The molecule has 6 heteroatoms. The molecule has 140 valence electrons. The Morgan fingerprint density at radius 2 is 2.15 bits per heavy atom. The van der Waals surface area contributed by atoms with Crippen molar-refractivity contribution in [2.45, 2.75) is 50.3 Å². The minimum absolute atomic E-state index is 0.00113. The monoisotopic (exact) mass is 397 g/mol. The third kappa shape index (κ3) is 3.73. The summed E-state index contributed by atoms with van der Waals surface area (Å²) in [5.74, 6) is 0.729. The van der Waals surface area contributed by atoms with Crippen LogP contribution >= 0.6 is 23.1 Å². The van der Waals surface area contributed by atoms with Gasteiger partial charge < -0.3 is 5.32 Å². The van der Waals surface area contributed by atoms with Crippen LogP contribution in [0.3, 0.4) is 0 Å². The Morgan fingerprint density at radius 1 is 1.33 bits per heavy atom. The van der Waals surface area contributed by atoms with Gasteiger partial charge in [0.05, 0.1) is 5.25 Å². The zero-order valence-corrected chi connectivity index (χ0v) is 17.4. The predicted octanol–water partition coefficient (Wildman–Crippen LogP) is 5.24. The first kappa shape index (κ1) is 18.4. The Kier molecular flexibility index (Phi) is 5.19. The summed E-state index contributed by atoms with van der Waals surface area (Å²) in [4.78, 5) is 24.2. The van der Waals surface area contributed by atoms with Gasteiger partial charge in [-0.2, -0.15) is 0 Å². The maximum absolute atomic E-state index is 12.7. The van der Waals surface area contributed by atoms with E-state index >= 15 is 0 Å². The van der Waals surface area contributed by atoms with E-state index in [0.717, 1.165) is 39.9 Å². The fourth-order valence-corrected chi connectivity index (χ4v) is 5.87. The molecule has 1 aliphatic carbocycles. The third-order valence-electron chi connectivity index (χ3n) is 5.12. The molecule has 3 aromatic rings. The Morgan fingerprint density at radius 3 is 2.96 bits per heavy atom. The topological polar surface area (TPSA) is 54.9 Å². The van der Waals surface area contributed by atoms with E-state index in [9.17, 15) is 4.79 Å². The zero-order valence-electron chi connectivity index (χ0n) is 15.8. The number of hydrogen-bond acceptors (Lipinski definition) is 5. The molecule has 0 aliphatic heterocycles. The Bertz CT molecular complexity index is 998. The lowest BCUT2D eigenvalue weighted by molar-refractivity contribution is -0.115. The second kappa shape index (κ2) is 7.60. The molecule has 2 atom stereocenters. The number of aromatic nitrogens is 2. The quantitative estimate of drug-likeness (QED) is 0.483. The van der Waals surface area contributed by atoms with Crippen LogP contribution in [0.15, 0.2) is 35.6 Å². The van der Waals surface area contributed by atoms with E-state index in [1.54, 1.807) is 17.7 Å². The van der Waals surface area contributed by atoms with E-state index in [1.807, 2.05) is 38.1 Å². The van der Waals surface area contributed by atoms with Gasteiger partial charge in [-0.1, -0.05) is 36.9 Å². The lowest BCUT2D eigenvalue weighted by Gasteiger charge is -2.18. The average molecular weight is 398 g/mol. The standard InChI is InChI=1S/C21H23N3OS2/c1-12-8-9-15-17(10-12)27-21-18(15)20(22-11-23-21)26-14(3)19(25)24-16-7-5-4-6-13(16)2/h4-7,11-12,14H,8-10H2,1-3H3,(H,24,25)/t12-,14-/m0/s1. The summed E-state index contributed by atoms with van der Waals surface area (Å²) in [7, 11) is 0. The summed E-state index contributed by atoms with van der Waals surface area (Å²) < 4.78 is 0. The number of nitrogens with zero attached hydrogens (tertiary/aromatic N) is 2. The van der Waals surface area contributed by atoms with Gasteiger partial charge in [0.15, 0.2) is 0 Å². The van der Waals surface area contributed by atoms with Crippen LogP contribution in [0.5, 0.6) is 0 Å². The molecule has 0 bridgehead atoms. The lowest BCUT2D eigenvalue weighted by atomic mass is 9.89. The highest BCUT2D eigenvalue weighted by Crippen LogP contribution is 2.41. The number of nitrogens with one attached hydrogen (secondary N) is 1. The number of thiophene rings is 1. The fraction of sp³-hybridized carbons (Fsp3) is 0.381. The maximum atomic E-state index is 12.7. The SMILES string of the molecule is Cc1ccccc1NC(=O)[C@H](C)Sc1ncnc2sc3c(c12)CC[C@H](C)C3. The van der Waals surface area contributed by atoms with E-state index in [1.165, 1.54) is 34.0 Å². The number of hydrogen-bond donors (Lipinski definition) is 1. The molecule has 27 heavy (non-hydrogen) atoms. The smallest absolute Gasteiger partial charge is 0.237 e. The van der Waals surface area contributed by atoms with E-state index in [0.29, 0.717) is 0 Å². The van der Waals surface area contributed by atoms with Crippen molar-refractivity contribution in [3.63, 3.8) is 0 Å². The molecule has 1 N–H and O–H groups in total. The van der Waals surface area contributed by atoms with Crippen molar-refractivity contribution < 1.29 is 4.79 Å². The number of anilines is 1. The number of fused-ring (bicyclic) bond motifs is 3. The van der Waals surface area contributed by atoms with Crippen molar-refractivity contribution in [3.8, 4) is 0 Å². The first-order chi connectivity index (χ1) is 13.0. The van der Waals surface area contributed by atoms with Crippen LogP contribution in [0, 0.1) is 12.8 Å². The third-order valence-corrected chi connectivity index (χ3v) is 7.38. The normalized spacial score (nSPS) is 17.5. The van der Waals surface area contributed by atoms with Crippen LogP contribution < -0.4 is 5.32 Å². The van der Waals surface area contributed by atoms with E-state index < -0.39 is 0 Å². The molecule has 2 heterocycles. The van der Waals surface area contributed by atoms with Gasteiger partial charge in [-0.3, -0.25) is 4.79 Å². The molecular formula is C21H23N3OS2.